The monoisotopic (exact) mass is 184 g/mol. The van der Waals surface area contributed by atoms with Crippen LogP contribution in [-0.2, 0) is 4.74 Å². The zero-order valence-electron chi connectivity index (χ0n) is 8.68. The maximum Gasteiger partial charge on any atom is 0.0990 e. The molecule has 3 heteroatoms. The number of ether oxygens (including phenoxy) is 1. The highest BCUT2D eigenvalue weighted by Gasteiger charge is 2.29. The quantitative estimate of drug-likeness (QED) is 0.388. The molecule has 0 amide bonds. The molecule has 0 spiro atoms. The van der Waals surface area contributed by atoms with Gasteiger partial charge in [0.2, 0.25) is 0 Å². The Kier molecular flexibility index (Phi) is 4.22. The molecule has 1 aliphatic rings. The Balaban J connectivity index is 2.20. The molecule has 0 saturated heterocycles. The fourth-order valence-corrected chi connectivity index (χ4v) is 1.38. The second-order valence-corrected chi connectivity index (χ2v) is 3.44. The lowest BCUT2D eigenvalue weighted by Gasteiger charge is -2.23. The van der Waals surface area contributed by atoms with Gasteiger partial charge in [-0.2, -0.15) is 0 Å². The molecule has 0 aromatic heterocycles. The summed E-state index contributed by atoms with van der Waals surface area (Å²) in [7, 11) is 0. The van der Waals surface area contributed by atoms with Gasteiger partial charge in [0.25, 0.3) is 0 Å². The molecule has 0 heterocycles. The van der Waals surface area contributed by atoms with Gasteiger partial charge in [0.1, 0.15) is 0 Å². The fourth-order valence-electron chi connectivity index (χ4n) is 1.38. The van der Waals surface area contributed by atoms with Crippen molar-refractivity contribution in [1.29, 1.82) is 5.41 Å². The molecule has 76 valence electrons. The largest absolute Gasteiger partial charge is 0.380 e. The lowest BCUT2D eigenvalue weighted by atomic mass is 10.3. The van der Waals surface area contributed by atoms with Gasteiger partial charge in [-0.25, -0.2) is 0 Å². The summed E-state index contributed by atoms with van der Waals surface area (Å²) < 4.78 is 5.28. The highest BCUT2D eigenvalue weighted by atomic mass is 16.5. The van der Waals surface area contributed by atoms with Crippen LogP contribution in [0.5, 0.6) is 0 Å². The molecule has 0 atom stereocenters. The molecule has 1 fully saturated rings. The van der Waals surface area contributed by atoms with Crippen LogP contribution in [0.4, 0.5) is 0 Å². The lowest BCUT2D eigenvalue weighted by Crippen LogP contribution is -2.34. The fraction of sp³-hybridized carbons (Fsp3) is 0.900. The van der Waals surface area contributed by atoms with Gasteiger partial charge in [0.15, 0.2) is 0 Å². The van der Waals surface area contributed by atoms with Crippen molar-refractivity contribution >= 4 is 5.84 Å². The molecule has 1 aliphatic carbocycles. The van der Waals surface area contributed by atoms with E-state index >= 15 is 0 Å². The van der Waals surface area contributed by atoms with Crippen molar-refractivity contribution in [3.05, 3.63) is 0 Å². The van der Waals surface area contributed by atoms with Gasteiger partial charge in [0.05, 0.1) is 12.4 Å². The Bertz CT molecular complexity index is 166. The second-order valence-electron chi connectivity index (χ2n) is 3.44. The second kappa shape index (κ2) is 5.22. The molecule has 13 heavy (non-hydrogen) atoms. The van der Waals surface area contributed by atoms with E-state index in [0.29, 0.717) is 5.92 Å². The Morgan fingerprint density at radius 1 is 1.46 bits per heavy atom. The first-order chi connectivity index (χ1) is 6.29. The van der Waals surface area contributed by atoms with E-state index in [4.69, 9.17) is 10.1 Å². The maximum absolute atomic E-state index is 7.87. The summed E-state index contributed by atoms with van der Waals surface area (Å²) in [6.07, 6.45) is 2.42. The first kappa shape index (κ1) is 10.5. The maximum atomic E-state index is 7.87. The van der Waals surface area contributed by atoms with Gasteiger partial charge in [-0.1, -0.05) is 0 Å². The topological polar surface area (TPSA) is 36.3 Å². The first-order valence-corrected chi connectivity index (χ1v) is 5.20. The van der Waals surface area contributed by atoms with E-state index in [-0.39, 0.29) is 0 Å². The van der Waals surface area contributed by atoms with Crippen LogP contribution in [0.25, 0.3) is 0 Å². The highest BCUT2D eigenvalue weighted by Crippen LogP contribution is 2.31. The van der Waals surface area contributed by atoms with E-state index in [1.165, 1.54) is 12.8 Å². The van der Waals surface area contributed by atoms with Crippen LogP contribution in [0.2, 0.25) is 0 Å². The minimum absolute atomic E-state index is 0.557. The van der Waals surface area contributed by atoms with Crippen LogP contribution < -0.4 is 0 Å². The Labute approximate surface area is 80.6 Å². The van der Waals surface area contributed by atoms with Gasteiger partial charge in [0, 0.05) is 25.6 Å². The van der Waals surface area contributed by atoms with Gasteiger partial charge < -0.3 is 9.64 Å². The van der Waals surface area contributed by atoms with Crippen molar-refractivity contribution in [2.24, 2.45) is 5.92 Å². The molecule has 0 bridgehead atoms. The molecule has 0 aliphatic heterocycles. The van der Waals surface area contributed by atoms with Crippen molar-refractivity contribution in [2.75, 3.05) is 26.3 Å². The molecular weight excluding hydrogens is 164 g/mol. The van der Waals surface area contributed by atoms with E-state index in [1.54, 1.807) is 0 Å². The van der Waals surface area contributed by atoms with E-state index in [1.807, 2.05) is 6.92 Å². The number of amidine groups is 1. The molecule has 0 aromatic carbocycles. The summed E-state index contributed by atoms with van der Waals surface area (Å²) in [6.45, 7) is 7.43. The minimum Gasteiger partial charge on any atom is -0.380 e. The van der Waals surface area contributed by atoms with Gasteiger partial charge in [-0.3, -0.25) is 5.41 Å². The molecule has 3 nitrogen and oxygen atoms in total. The normalized spacial score (nSPS) is 15.8. The van der Waals surface area contributed by atoms with Crippen molar-refractivity contribution in [1.82, 2.24) is 4.90 Å². The summed E-state index contributed by atoms with van der Waals surface area (Å²) >= 11 is 0. The molecular formula is C10H20N2O. The van der Waals surface area contributed by atoms with E-state index < -0.39 is 0 Å². The molecule has 1 N–H and O–H groups in total. The van der Waals surface area contributed by atoms with Crippen LogP contribution in [-0.4, -0.2) is 37.0 Å². The molecule has 0 aromatic rings. The third-order valence-corrected chi connectivity index (χ3v) is 2.40. The number of hydrogen-bond acceptors (Lipinski definition) is 2. The van der Waals surface area contributed by atoms with Crippen molar-refractivity contribution in [3.8, 4) is 0 Å². The summed E-state index contributed by atoms with van der Waals surface area (Å²) in [4.78, 5) is 2.12. The van der Waals surface area contributed by atoms with E-state index in [9.17, 15) is 0 Å². The average molecular weight is 184 g/mol. The van der Waals surface area contributed by atoms with Crippen LogP contribution in [0, 0.1) is 11.3 Å². The van der Waals surface area contributed by atoms with Crippen LogP contribution in [0.3, 0.4) is 0 Å². The van der Waals surface area contributed by atoms with Crippen molar-refractivity contribution in [3.63, 3.8) is 0 Å². The van der Waals surface area contributed by atoms with Gasteiger partial charge in [-0.15, -0.1) is 0 Å². The number of nitrogens with zero attached hydrogens (tertiary/aromatic N) is 1. The molecule has 0 unspecified atom stereocenters. The Morgan fingerprint density at radius 2 is 2.15 bits per heavy atom. The van der Waals surface area contributed by atoms with Crippen LogP contribution in [0.1, 0.15) is 26.7 Å². The first-order valence-electron chi connectivity index (χ1n) is 5.20. The summed E-state index contributed by atoms with van der Waals surface area (Å²) in [5.74, 6) is 1.38. The highest BCUT2D eigenvalue weighted by molar-refractivity contribution is 5.83. The zero-order valence-corrected chi connectivity index (χ0v) is 8.68. The standard InChI is InChI=1S/C10H20N2O/c1-3-12(7-8-13-4-2)10(11)9-5-6-9/h9,11H,3-8H2,1-2H3. The number of likely N-dealkylation sites (N-methyl/N-ethyl adjacent to an activating group) is 1. The smallest absolute Gasteiger partial charge is 0.0990 e. The Morgan fingerprint density at radius 3 is 2.62 bits per heavy atom. The summed E-state index contributed by atoms with van der Waals surface area (Å²) in [5.41, 5.74) is 0. The predicted octanol–water partition coefficient (Wildman–Crippen LogP) is 1.73. The third-order valence-electron chi connectivity index (χ3n) is 2.40. The lowest BCUT2D eigenvalue weighted by molar-refractivity contribution is 0.132. The van der Waals surface area contributed by atoms with Crippen LogP contribution >= 0.6 is 0 Å². The molecule has 0 radical (unpaired) electrons. The third kappa shape index (κ3) is 3.35. The summed E-state index contributed by atoms with van der Waals surface area (Å²) in [5, 5.41) is 7.87. The molecule has 1 saturated carbocycles. The minimum atomic E-state index is 0.557. The predicted molar refractivity (Wildman–Crippen MR) is 54.2 cm³/mol. The van der Waals surface area contributed by atoms with Gasteiger partial charge >= 0.3 is 0 Å². The SMILES string of the molecule is CCOCCN(CC)C(=N)C1CC1. The van der Waals surface area contributed by atoms with Gasteiger partial charge in [-0.05, 0) is 26.7 Å². The average Bonchev–Trinajstić information content (AvgIpc) is 2.94. The number of nitrogens with one attached hydrogen (secondary N) is 1. The van der Waals surface area contributed by atoms with Crippen molar-refractivity contribution < 1.29 is 4.74 Å². The van der Waals surface area contributed by atoms with Crippen LogP contribution in [0.15, 0.2) is 0 Å². The summed E-state index contributed by atoms with van der Waals surface area (Å²) in [6, 6.07) is 0. The van der Waals surface area contributed by atoms with E-state index in [2.05, 4.69) is 11.8 Å². The van der Waals surface area contributed by atoms with E-state index in [0.717, 1.165) is 32.1 Å². The zero-order chi connectivity index (χ0) is 9.68. The molecule has 1 rings (SSSR count). The number of rotatable bonds is 6. The van der Waals surface area contributed by atoms with Crippen molar-refractivity contribution in [2.45, 2.75) is 26.7 Å². The number of hydrogen-bond donors (Lipinski definition) is 1. The Hall–Kier alpha value is -0.570.